The minimum atomic E-state index is -0.992. The number of carbonyl (C=O) groups is 1. The molecule has 25 heavy (non-hydrogen) atoms. The van der Waals surface area contributed by atoms with Crippen molar-refractivity contribution in [1.82, 2.24) is 25.5 Å². The van der Waals surface area contributed by atoms with E-state index in [-0.39, 0.29) is 17.6 Å². The Morgan fingerprint density at radius 3 is 3.00 bits per heavy atom. The molecule has 2 aromatic heterocycles. The number of H-pyrrole nitrogens is 1. The van der Waals surface area contributed by atoms with Crippen LogP contribution in [0.3, 0.4) is 0 Å². The van der Waals surface area contributed by atoms with Crippen LogP contribution in [0.4, 0.5) is 10.6 Å². The van der Waals surface area contributed by atoms with E-state index < -0.39 is 6.09 Å². The maximum Gasteiger partial charge on any atom is 0.404 e. The van der Waals surface area contributed by atoms with Crippen molar-refractivity contribution >= 4 is 45.7 Å². The van der Waals surface area contributed by atoms with Crippen molar-refractivity contribution in [3.63, 3.8) is 0 Å². The van der Waals surface area contributed by atoms with Crippen LogP contribution in [-0.4, -0.2) is 63.2 Å². The van der Waals surface area contributed by atoms with Gasteiger partial charge in [0.25, 0.3) is 0 Å². The normalized spacial score (nSPS) is 25.6. The standard InChI is InChI=1S/C15H19IN6O3/c1-8-11(19-14(23)24)15(7-25-8)2-4-22(5-3-15)9-6-17-10-12(16)20-21-13(10)18-9/h6,8,11,19H,2-5,7H2,1H3,(H,23,24)(H,18,20,21)/t8-,11?/m0/s1. The Hall–Kier alpha value is -1.69. The molecule has 1 amide bonds. The monoisotopic (exact) mass is 458 g/mol. The van der Waals surface area contributed by atoms with E-state index >= 15 is 0 Å². The van der Waals surface area contributed by atoms with Crippen LogP contribution < -0.4 is 10.2 Å². The fraction of sp³-hybridized carbons (Fsp3) is 0.600. The Labute approximate surface area is 157 Å². The van der Waals surface area contributed by atoms with Crippen molar-refractivity contribution in [3.05, 3.63) is 9.90 Å². The molecular weight excluding hydrogens is 439 g/mol. The summed E-state index contributed by atoms with van der Waals surface area (Å²) < 4.78 is 6.65. The smallest absolute Gasteiger partial charge is 0.404 e. The molecule has 134 valence electrons. The SMILES string of the molecule is C[C@@H]1OCC2(CCN(c3cnc4c(I)[nH]nc4n3)CC2)C1NC(=O)O. The highest BCUT2D eigenvalue weighted by Gasteiger charge is 2.50. The van der Waals surface area contributed by atoms with Gasteiger partial charge in [-0.3, -0.25) is 5.10 Å². The maximum absolute atomic E-state index is 11.1. The number of anilines is 1. The molecule has 0 aromatic carbocycles. The average Bonchev–Trinajstić information content (AvgIpc) is 3.11. The second-order valence-corrected chi connectivity index (χ2v) is 7.81. The molecule has 1 unspecified atom stereocenters. The predicted molar refractivity (Wildman–Crippen MR) is 98.6 cm³/mol. The lowest BCUT2D eigenvalue weighted by Gasteiger charge is -2.42. The molecule has 1 spiro atoms. The number of rotatable bonds is 2. The highest BCUT2D eigenvalue weighted by atomic mass is 127. The van der Waals surface area contributed by atoms with Crippen LogP contribution in [-0.2, 0) is 4.74 Å². The number of halogens is 1. The number of aromatic nitrogens is 4. The topological polar surface area (TPSA) is 116 Å². The van der Waals surface area contributed by atoms with Gasteiger partial charge in [0, 0.05) is 18.5 Å². The van der Waals surface area contributed by atoms with E-state index in [1.54, 1.807) is 6.20 Å². The number of fused-ring (bicyclic) bond motifs is 1. The Morgan fingerprint density at radius 1 is 1.52 bits per heavy atom. The number of hydrogen-bond donors (Lipinski definition) is 3. The van der Waals surface area contributed by atoms with Crippen LogP contribution in [0.5, 0.6) is 0 Å². The van der Waals surface area contributed by atoms with Gasteiger partial charge in [-0.05, 0) is 42.4 Å². The summed E-state index contributed by atoms with van der Waals surface area (Å²) in [4.78, 5) is 22.4. The molecule has 2 aliphatic rings. The van der Waals surface area contributed by atoms with Gasteiger partial charge in [-0.2, -0.15) is 5.10 Å². The molecule has 9 nitrogen and oxygen atoms in total. The van der Waals surface area contributed by atoms with Crippen LogP contribution in [0, 0.1) is 9.12 Å². The lowest BCUT2D eigenvalue weighted by molar-refractivity contribution is 0.0970. The zero-order chi connectivity index (χ0) is 17.6. The van der Waals surface area contributed by atoms with E-state index in [1.165, 1.54) is 0 Å². The van der Waals surface area contributed by atoms with Gasteiger partial charge in [0.05, 0.1) is 24.9 Å². The van der Waals surface area contributed by atoms with E-state index in [2.05, 4.69) is 53.0 Å². The Kier molecular flexibility index (Phi) is 4.18. The number of ether oxygens (including phenoxy) is 1. The molecule has 0 saturated carbocycles. The molecule has 0 bridgehead atoms. The summed E-state index contributed by atoms with van der Waals surface area (Å²) in [6.07, 6.45) is 2.37. The summed E-state index contributed by atoms with van der Waals surface area (Å²) in [5.41, 5.74) is 1.25. The number of nitrogens with one attached hydrogen (secondary N) is 2. The summed E-state index contributed by atoms with van der Waals surface area (Å²) >= 11 is 2.15. The van der Waals surface area contributed by atoms with E-state index in [4.69, 9.17) is 9.84 Å². The molecule has 2 aliphatic heterocycles. The van der Waals surface area contributed by atoms with Crippen molar-refractivity contribution in [2.24, 2.45) is 5.41 Å². The molecule has 2 atom stereocenters. The van der Waals surface area contributed by atoms with E-state index in [9.17, 15) is 4.79 Å². The van der Waals surface area contributed by atoms with Gasteiger partial charge >= 0.3 is 6.09 Å². The fourth-order valence-corrected chi connectivity index (χ4v) is 4.43. The van der Waals surface area contributed by atoms with E-state index in [0.29, 0.717) is 12.3 Å². The van der Waals surface area contributed by atoms with Gasteiger partial charge in [0.2, 0.25) is 5.65 Å². The molecule has 2 fully saturated rings. The third-order valence-corrected chi connectivity index (χ3v) is 6.09. The fourth-order valence-electron chi connectivity index (χ4n) is 3.93. The molecule has 0 radical (unpaired) electrons. The van der Waals surface area contributed by atoms with Crippen LogP contribution in [0.1, 0.15) is 19.8 Å². The molecule has 2 aromatic rings. The first kappa shape index (κ1) is 16.8. The van der Waals surface area contributed by atoms with Gasteiger partial charge in [0.15, 0.2) is 0 Å². The van der Waals surface area contributed by atoms with Gasteiger partial charge in [-0.25, -0.2) is 14.8 Å². The lowest BCUT2D eigenvalue weighted by atomic mass is 9.73. The van der Waals surface area contributed by atoms with Crippen LogP contribution >= 0.6 is 22.6 Å². The maximum atomic E-state index is 11.1. The molecule has 3 N–H and O–H groups in total. The van der Waals surface area contributed by atoms with Gasteiger partial charge in [0.1, 0.15) is 15.0 Å². The minimum absolute atomic E-state index is 0.107. The van der Waals surface area contributed by atoms with Gasteiger partial charge < -0.3 is 20.1 Å². The third kappa shape index (κ3) is 2.90. The molecular formula is C15H19IN6O3. The summed E-state index contributed by atoms with van der Waals surface area (Å²) in [5, 5.41) is 18.9. The van der Waals surface area contributed by atoms with Gasteiger partial charge in [-0.15, -0.1) is 0 Å². The quantitative estimate of drug-likeness (QED) is 0.586. The second-order valence-electron chi connectivity index (χ2n) is 6.73. The van der Waals surface area contributed by atoms with E-state index in [1.807, 2.05) is 6.92 Å². The van der Waals surface area contributed by atoms with Crippen molar-refractivity contribution < 1.29 is 14.6 Å². The largest absolute Gasteiger partial charge is 0.465 e. The average molecular weight is 458 g/mol. The molecule has 2 saturated heterocycles. The van der Waals surface area contributed by atoms with Gasteiger partial charge in [-0.1, -0.05) is 0 Å². The zero-order valence-corrected chi connectivity index (χ0v) is 15.9. The molecule has 10 heteroatoms. The molecule has 0 aliphatic carbocycles. The first-order valence-corrected chi connectivity index (χ1v) is 9.29. The van der Waals surface area contributed by atoms with Crippen LogP contribution in [0.2, 0.25) is 0 Å². The highest BCUT2D eigenvalue weighted by molar-refractivity contribution is 14.1. The number of hydrogen-bond acceptors (Lipinski definition) is 6. The van der Waals surface area contributed by atoms with Crippen LogP contribution in [0.15, 0.2) is 6.20 Å². The summed E-state index contributed by atoms with van der Waals surface area (Å²) in [5.74, 6) is 0.806. The van der Waals surface area contributed by atoms with Crippen molar-refractivity contribution in [2.45, 2.75) is 31.9 Å². The third-order valence-electron chi connectivity index (χ3n) is 5.33. The van der Waals surface area contributed by atoms with Crippen molar-refractivity contribution in [2.75, 3.05) is 24.6 Å². The predicted octanol–water partition coefficient (Wildman–Crippen LogP) is 1.60. The summed E-state index contributed by atoms with van der Waals surface area (Å²) in [7, 11) is 0. The minimum Gasteiger partial charge on any atom is -0.465 e. The summed E-state index contributed by atoms with van der Waals surface area (Å²) in [6.45, 7) is 4.10. The lowest BCUT2D eigenvalue weighted by Crippen LogP contribution is -2.54. The number of carboxylic acid groups (broad SMARTS) is 1. The van der Waals surface area contributed by atoms with Crippen molar-refractivity contribution in [1.29, 1.82) is 0 Å². The number of amides is 1. The van der Waals surface area contributed by atoms with E-state index in [0.717, 1.165) is 41.0 Å². The second kappa shape index (κ2) is 6.24. The number of aromatic amines is 1. The Bertz CT molecular complexity index is 804. The number of nitrogens with zero attached hydrogens (tertiary/aromatic N) is 4. The van der Waals surface area contributed by atoms with Crippen LogP contribution in [0.25, 0.3) is 11.2 Å². The highest BCUT2D eigenvalue weighted by Crippen LogP contribution is 2.42. The zero-order valence-electron chi connectivity index (χ0n) is 13.7. The Balaban J connectivity index is 1.51. The molecule has 4 heterocycles. The number of piperidine rings is 1. The molecule has 4 rings (SSSR count). The summed E-state index contributed by atoms with van der Waals surface area (Å²) in [6, 6.07) is -0.173. The first-order valence-electron chi connectivity index (χ1n) is 8.21. The first-order chi connectivity index (χ1) is 12.0. The Morgan fingerprint density at radius 2 is 2.28 bits per heavy atom. The van der Waals surface area contributed by atoms with Crippen molar-refractivity contribution in [3.8, 4) is 0 Å².